The Bertz CT molecular complexity index is 850. The summed E-state index contributed by atoms with van der Waals surface area (Å²) in [5.41, 5.74) is 0.295. The minimum atomic E-state index is -3.88. The van der Waals surface area contributed by atoms with E-state index in [4.69, 9.17) is 0 Å². The summed E-state index contributed by atoms with van der Waals surface area (Å²) in [6, 6.07) is 7.12. The van der Waals surface area contributed by atoms with E-state index in [-0.39, 0.29) is 32.9 Å². The van der Waals surface area contributed by atoms with E-state index in [1.54, 1.807) is 0 Å². The molecular formula is C15H13FN2O4S2. The Morgan fingerprint density at radius 3 is 2.38 bits per heavy atom. The molecule has 1 N–H and O–H groups in total. The van der Waals surface area contributed by atoms with Crippen LogP contribution in [0, 0.1) is 5.82 Å². The van der Waals surface area contributed by atoms with Crippen LogP contribution >= 0.6 is 11.8 Å². The normalized spacial score (nSPS) is 11.1. The average molecular weight is 368 g/mol. The molecule has 0 aliphatic carbocycles. The number of halogens is 1. The molecule has 0 aliphatic rings. The van der Waals surface area contributed by atoms with Crippen LogP contribution in [0.15, 0.2) is 47.5 Å². The first-order valence-electron chi connectivity index (χ1n) is 6.69. The van der Waals surface area contributed by atoms with E-state index in [9.17, 15) is 22.4 Å². The van der Waals surface area contributed by atoms with E-state index in [0.29, 0.717) is 0 Å². The van der Waals surface area contributed by atoms with E-state index in [1.165, 1.54) is 25.3 Å². The Hall–Kier alpha value is -2.26. The van der Waals surface area contributed by atoms with Crippen molar-refractivity contribution in [2.75, 3.05) is 10.5 Å². The third-order valence-electron chi connectivity index (χ3n) is 2.83. The van der Waals surface area contributed by atoms with Crippen molar-refractivity contribution in [3.8, 4) is 0 Å². The fraction of sp³-hybridized carbons (Fsp3) is 0.133. The molecule has 0 atom stereocenters. The van der Waals surface area contributed by atoms with E-state index in [0.717, 1.165) is 36.0 Å². The van der Waals surface area contributed by atoms with Crippen molar-refractivity contribution < 1.29 is 22.4 Å². The molecule has 0 saturated carbocycles. The maximum atomic E-state index is 12.9. The number of rotatable bonds is 6. The highest BCUT2D eigenvalue weighted by Gasteiger charge is 2.15. The monoisotopic (exact) mass is 368 g/mol. The summed E-state index contributed by atoms with van der Waals surface area (Å²) in [5, 5.41) is -0.174. The number of thioether (sulfide) groups is 1. The van der Waals surface area contributed by atoms with Crippen LogP contribution in [0.1, 0.15) is 17.4 Å². The lowest BCUT2D eigenvalue weighted by Gasteiger charge is -2.08. The topological polar surface area (TPSA) is 93.2 Å². The first-order chi connectivity index (χ1) is 11.3. The number of Topliss-reactive ketones (excluding diaryl/α,β-unsaturated/α-hetero) is 1. The number of ketones is 1. The van der Waals surface area contributed by atoms with Crippen LogP contribution in [-0.4, -0.2) is 30.1 Å². The average Bonchev–Trinajstić information content (AvgIpc) is 2.53. The van der Waals surface area contributed by atoms with E-state index >= 15 is 0 Å². The van der Waals surface area contributed by atoms with Crippen molar-refractivity contribution in [2.45, 2.75) is 11.8 Å². The van der Waals surface area contributed by atoms with Gasteiger partial charge in [-0.05, 0) is 36.4 Å². The van der Waals surface area contributed by atoms with Crippen molar-refractivity contribution in [3.05, 3.63) is 54.1 Å². The Morgan fingerprint density at radius 1 is 1.17 bits per heavy atom. The number of sulfonamides is 1. The summed E-state index contributed by atoms with van der Waals surface area (Å²) >= 11 is 0.876. The number of anilines is 1. The van der Waals surface area contributed by atoms with Crippen molar-refractivity contribution >= 4 is 38.4 Å². The molecule has 0 unspecified atom stereocenters. The number of carbonyl (C=O) groups is 2. The second kappa shape index (κ2) is 7.54. The molecule has 0 fully saturated rings. The molecular weight excluding hydrogens is 355 g/mol. The molecule has 0 bridgehead atoms. The lowest BCUT2D eigenvalue weighted by atomic mass is 10.2. The number of nitrogens with one attached hydrogen (secondary N) is 1. The summed E-state index contributed by atoms with van der Waals surface area (Å²) in [6.45, 7) is 1.36. The third-order valence-corrected chi connectivity index (χ3v) is 5.04. The van der Waals surface area contributed by atoms with Crippen molar-refractivity contribution in [1.82, 2.24) is 4.98 Å². The standard InChI is InChI=1S/C15H13FN2O4S2/c1-10(19)23-9-15(20)14-7-4-12(8-17-14)18-24(21,22)13-5-2-11(16)3-6-13/h2-8,18H,9H2,1H3. The molecule has 0 spiro atoms. The number of hydrogen-bond acceptors (Lipinski definition) is 6. The van der Waals surface area contributed by atoms with Gasteiger partial charge in [-0.3, -0.25) is 19.3 Å². The Labute approximate surface area is 142 Å². The minimum Gasteiger partial charge on any atom is -0.291 e. The van der Waals surface area contributed by atoms with Gasteiger partial charge in [-0.15, -0.1) is 0 Å². The predicted octanol–water partition coefficient (Wildman–Crippen LogP) is 2.48. The largest absolute Gasteiger partial charge is 0.291 e. The number of aromatic nitrogens is 1. The number of nitrogens with zero attached hydrogens (tertiary/aromatic N) is 1. The van der Waals surface area contributed by atoms with Gasteiger partial charge in [-0.2, -0.15) is 0 Å². The third kappa shape index (κ3) is 4.87. The molecule has 6 nitrogen and oxygen atoms in total. The van der Waals surface area contributed by atoms with Crippen LogP contribution in [0.5, 0.6) is 0 Å². The van der Waals surface area contributed by atoms with Crippen molar-refractivity contribution in [2.24, 2.45) is 0 Å². The van der Waals surface area contributed by atoms with Crippen LogP contribution in [-0.2, 0) is 14.8 Å². The van der Waals surface area contributed by atoms with Crippen LogP contribution in [0.25, 0.3) is 0 Å². The molecule has 9 heteroatoms. The molecule has 1 heterocycles. The van der Waals surface area contributed by atoms with Gasteiger partial charge >= 0.3 is 0 Å². The number of hydrogen-bond donors (Lipinski definition) is 1. The predicted molar refractivity (Wildman–Crippen MR) is 88.9 cm³/mol. The van der Waals surface area contributed by atoms with Crippen molar-refractivity contribution in [3.63, 3.8) is 0 Å². The van der Waals surface area contributed by atoms with Crippen LogP contribution in [0.4, 0.5) is 10.1 Å². The molecule has 24 heavy (non-hydrogen) atoms. The Kier molecular flexibility index (Phi) is 5.68. The highest BCUT2D eigenvalue weighted by Crippen LogP contribution is 2.16. The highest BCUT2D eigenvalue weighted by atomic mass is 32.2. The van der Waals surface area contributed by atoms with Gasteiger partial charge in [0, 0.05) is 6.92 Å². The van der Waals surface area contributed by atoms with Gasteiger partial charge in [0.2, 0.25) is 0 Å². The first-order valence-corrected chi connectivity index (χ1v) is 9.16. The maximum Gasteiger partial charge on any atom is 0.261 e. The second-order valence-corrected chi connectivity index (χ2v) is 7.53. The highest BCUT2D eigenvalue weighted by molar-refractivity contribution is 8.14. The van der Waals surface area contributed by atoms with Gasteiger partial charge in [0.1, 0.15) is 11.5 Å². The van der Waals surface area contributed by atoms with Crippen LogP contribution in [0.2, 0.25) is 0 Å². The lowest BCUT2D eigenvalue weighted by molar-refractivity contribution is -0.109. The molecule has 0 saturated heterocycles. The van der Waals surface area contributed by atoms with Crippen LogP contribution < -0.4 is 4.72 Å². The van der Waals surface area contributed by atoms with E-state index < -0.39 is 15.8 Å². The fourth-order valence-corrected chi connectivity index (χ4v) is 3.21. The van der Waals surface area contributed by atoms with Gasteiger partial charge in [0.15, 0.2) is 10.9 Å². The van der Waals surface area contributed by atoms with Crippen molar-refractivity contribution in [1.29, 1.82) is 0 Å². The number of benzene rings is 1. The molecule has 1 aromatic heterocycles. The van der Waals surface area contributed by atoms with Gasteiger partial charge in [0.05, 0.1) is 22.5 Å². The Balaban J connectivity index is 2.09. The summed E-state index contributed by atoms with van der Waals surface area (Å²) in [6.07, 6.45) is 1.20. The lowest BCUT2D eigenvalue weighted by Crippen LogP contribution is -2.14. The first kappa shape index (κ1) is 18.1. The second-order valence-electron chi connectivity index (χ2n) is 4.69. The zero-order chi connectivity index (χ0) is 17.7. The maximum absolute atomic E-state index is 12.9. The number of pyridine rings is 1. The molecule has 0 aliphatic heterocycles. The fourth-order valence-electron chi connectivity index (χ4n) is 1.69. The van der Waals surface area contributed by atoms with Gasteiger partial charge in [-0.1, -0.05) is 11.8 Å². The quantitative estimate of drug-likeness (QED) is 0.788. The summed E-state index contributed by atoms with van der Waals surface area (Å²) in [4.78, 5) is 26.4. The summed E-state index contributed by atoms with van der Waals surface area (Å²) in [7, 11) is -3.88. The molecule has 126 valence electrons. The number of carbonyl (C=O) groups excluding carboxylic acids is 2. The molecule has 0 amide bonds. The summed E-state index contributed by atoms with van der Waals surface area (Å²) < 4.78 is 39.4. The van der Waals surface area contributed by atoms with Gasteiger partial charge in [-0.25, -0.2) is 12.8 Å². The SMILES string of the molecule is CC(=O)SCC(=O)c1ccc(NS(=O)(=O)c2ccc(F)cc2)cn1. The smallest absolute Gasteiger partial charge is 0.261 e. The zero-order valence-electron chi connectivity index (χ0n) is 12.5. The minimum absolute atomic E-state index is 0.0248. The molecule has 2 rings (SSSR count). The van der Waals surface area contributed by atoms with E-state index in [2.05, 4.69) is 9.71 Å². The molecule has 1 aromatic carbocycles. The van der Waals surface area contributed by atoms with Gasteiger partial charge < -0.3 is 0 Å². The van der Waals surface area contributed by atoms with Crippen LogP contribution in [0.3, 0.4) is 0 Å². The molecule has 2 aromatic rings. The molecule has 0 radical (unpaired) electrons. The van der Waals surface area contributed by atoms with Gasteiger partial charge in [0.25, 0.3) is 10.0 Å². The summed E-state index contributed by atoms with van der Waals surface area (Å²) in [5.74, 6) is -0.895. The zero-order valence-corrected chi connectivity index (χ0v) is 14.2. The Morgan fingerprint density at radius 2 is 1.83 bits per heavy atom. The van der Waals surface area contributed by atoms with E-state index in [1.807, 2.05) is 0 Å².